The molecule has 2 fully saturated rings. The quantitative estimate of drug-likeness (QED) is 0.653. The predicted octanol–water partition coefficient (Wildman–Crippen LogP) is 1.08. The molecule has 2 atom stereocenters. The van der Waals surface area contributed by atoms with Crippen molar-refractivity contribution in [3.05, 3.63) is 12.4 Å². The molecule has 3 rings (SSSR count). The summed E-state index contributed by atoms with van der Waals surface area (Å²) in [6, 6.07) is 0.611. The van der Waals surface area contributed by atoms with Crippen molar-refractivity contribution < 1.29 is 14.4 Å². The highest BCUT2D eigenvalue weighted by Gasteiger charge is 2.51. The molecule has 1 aliphatic heterocycles. The Bertz CT molecular complexity index is 581. The third kappa shape index (κ3) is 4.19. The first-order chi connectivity index (χ1) is 12.3. The van der Waals surface area contributed by atoms with E-state index < -0.39 is 7.12 Å². The average molecular weight is 362 g/mol. The summed E-state index contributed by atoms with van der Waals surface area (Å²) in [5.41, 5.74) is 0.0812. The van der Waals surface area contributed by atoms with Crippen LogP contribution in [0.4, 0.5) is 5.95 Å². The maximum absolute atomic E-state index is 9.05. The maximum atomic E-state index is 9.05. The summed E-state index contributed by atoms with van der Waals surface area (Å²) in [6.07, 6.45) is 8.13. The van der Waals surface area contributed by atoms with Crippen molar-refractivity contribution in [1.82, 2.24) is 15.3 Å². The van der Waals surface area contributed by atoms with Crippen LogP contribution in [-0.2, 0) is 9.31 Å². The van der Waals surface area contributed by atoms with E-state index in [1.54, 1.807) is 12.4 Å². The van der Waals surface area contributed by atoms with Crippen LogP contribution >= 0.6 is 0 Å². The van der Waals surface area contributed by atoms with Crippen LogP contribution in [0.1, 0.15) is 53.4 Å². The van der Waals surface area contributed by atoms with Gasteiger partial charge in [0.25, 0.3) is 0 Å². The Kier molecular flexibility index (Phi) is 5.86. The molecule has 2 heterocycles. The molecule has 0 radical (unpaired) electrons. The number of rotatable bonds is 6. The van der Waals surface area contributed by atoms with Gasteiger partial charge in [0.15, 0.2) is 0 Å². The van der Waals surface area contributed by atoms with E-state index in [0.29, 0.717) is 18.5 Å². The van der Waals surface area contributed by atoms with Gasteiger partial charge in [0.1, 0.15) is 0 Å². The van der Waals surface area contributed by atoms with Gasteiger partial charge in [0, 0.05) is 36.5 Å². The normalized spacial score (nSPS) is 27.5. The van der Waals surface area contributed by atoms with Gasteiger partial charge in [-0.05, 0) is 40.5 Å². The van der Waals surface area contributed by atoms with Crippen molar-refractivity contribution >= 4 is 18.5 Å². The molecular formula is C18H31BN4O3. The Labute approximate surface area is 156 Å². The van der Waals surface area contributed by atoms with Crippen molar-refractivity contribution in [3.8, 4) is 0 Å². The molecule has 1 aromatic heterocycles. The standard InChI is InChI=1S/C18H31BN4O3/c1-17(2)18(3,4)26-19(25-17)13-11-21-16(22-12-13)23-15-8-6-5-7-14(15)20-9-10-24/h11-12,14-15,20,24H,5-10H2,1-4H3,(H,21,22,23)/t14-,15-/m1/s1. The van der Waals surface area contributed by atoms with E-state index in [2.05, 4.69) is 20.6 Å². The van der Waals surface area contributed by atoms with E-state index in [-0.39, 0.29) is 23.9 Å². The molecule has 0 aromatic carbocycles. The third-order valence-electron chi connectivity index (χ3n) is 5.80. The van der Waals surface area contributed by atoms with Crippen molar-refractivity contribution in [1.29, 1.82) is 0 Å². The number of aliphatic hydroxyl groups is 1. The number of nitrogens with zero attached hydrogens (tertiary/aromatic N) is 2. The van der Waals surface area contributed by atoms with Gasteiger partial charge in [-0.1, -0.05) is 12.8 Å². The van der Waals surface area contributed by atoms with E-state index in [4.69, 9.17) is 14.4 Å². The molecule has 0 spiro atoms. The highest BCUT2D eigenvalue weighted by Crippen LogP contribution is 2.36. The highest BCUT2D eigenvalue weighted by atomic mass is 16.7. The van der Waals surface area contributed by atoms with Gasteiger partial charge in [-0.25, -0.2) is 9.97 Å². The van der Waals surface area contributed by atoms with Crippen LogP contribution in [0, 0.1) is 0 Å². The number of anilines is 1. The van der Waals surface area contributed by atoms with E-state index in [9.17, 15) is 0 Å². The molecule has 8 heteroatoms. The van der Waals surface area contributed by atoms with Crippen molar-refractivity contribution in [2.24, 2.45) is 0 Å². The van der Waals surface area contributed by atoms with Crippen LogP contribution in [-0.4, -0.2) is 58.6 Å². The first-order valence-corrected chi connectivity index (χ1v) is 9.61. The first-order valence-electron chi connectivity index (χ1n) is 9.61. The van der Waals surface area contributed by atoms with E-state index in [0.717, 1.165) is 18.3 Å². The molecule has 144 valence electrons. The number of hydrogen-bond donors (Lipinski definition) is 3. The summed E-state index contributed by atoms with van der Waals surface area (Å²) in [7, 11) is -0.442. The van der Waals surface area contributed by atoms with Crippen LogP contribution in [0.3, 0.4) is 0 Å². The van der Waals surface area contributed by atoms with E-state index in [1.165, 1.54) is 12.8 Å². The largest absolute Gasteiger partial charge is 0.498 e. The molecule has 7 nitrogen and oxygen atoms in total. The van der Waals surface area contributed by atoms with Gasteiger partial charge in [-0.2, -0.15) is 0 Å². The molecule has 1 aliphatic carbocycles. The monoisotopic (exact) mass is 362 g/mol. The zero-order chi connectivity index (χ0) is 18.8. The van der Waals surface area contributed by atoms with Crippen LogP contribution in [0.5, 0.6) is 0 Å². The van der Waals surface area contributed by atoms with Gasteiger partial charge in [-0.15, -0.1) is 0 Å². The minimum atomic E-state index is -0.442. The van der Waals surface area contributed by atoms with Gasteiger partial charge < -0.3 is 25.0 Å². The Morgan fingerprint density at radius 1 is 1.08 bits per heavy atom. The lowest BCUT2D eigenvalue weighted by molar-refractivity contribution is 0.00578. The SMILES string of the molecule is CC1(C)OB(c2cnc(N[C@@H]3CCCC[C@H]3NCCO)nc2)OC1(C)C. The van der Waals surface area contributed by atoms with E-state index >= 15 is 0 Å². The zero-order valence-corrected chi connectivity index (χ0v) is 16.3. The second-order valence-electron chi connectivity index (χ2n) is 8.25. The second-order valence-corrected chi connectivity index (χ2v) is 8.25. The molecule has 1 saturated heterocycles. The van der Waals surface area contributed by atoms with Gasteiger partial charge in [-0.3, -0.25) is 0 Å². The molecule has 1 aromatic rings. The minimum Gasteiger partial charge on any atom is -0.399 e. The lowest BCUT2D eigenvalue weighted by Crippen LogP contribution is -2.47. The predicted molar refractivity (Wildman–Crippen MR) is 103 cm³/mol. The summed E-state index contributed by atoms with van der Waals surface area (Å²) >= 11 is 0. The van der Waals surface area contributed by atoms with Crippen molar-refractivity contribution in [2.75, 3.05) is 18.5 Å². The molecule has 3 N–H and O–H groups in total. The van der Waals surface area contributed by atoms with Gasteiger partial charge in [0.2, 0.25) is 5.95 Å². The highest BCUT2D eigenvalue weighted by molar-refractivity contribution is 6.61. The molecule has 0 bridgehead atoms. The summed E-state index contributed by atoms with van der Waals surface area (Å²) in [6.45, 7) is 8.91. The smallest absolute Gasteiger partial charge is 0.399 e. The van der Waals surface area contributed by atoms with Crippen molar-refractivity contribution in [3.63, 3.8) is 0 Å². The number of hydrogen-bond acceptors (Lipinski definition) is 7. The van der Waals surface area contributed by atoms with Gasteiger partial charge >= 0.3 is 7.12 Å². The van der Waals surface area contributed by atoms with Crippen LogP contribution < -0.4 is 16.1 Å². The molecule has 26 heavy (non-hydrogen) atoms. The lowest BCUT2D eigenvalue weighted by Gasteiger charge is -2.32. The molecule has 0 amide bonds. The fourth-order valence-corrected chi connectivity index (χ4v) is 3.48. The molecule has 1 saturated carbocycles. The number of aliphatic hydroxyl groups excluding tert-OH is 1. The Morgan fingerprint density at radius 2 is 1.65 bits per heavy atom. The Balaban J connectivity index is 1.63. The van der Waals surface area contributed by atoms with Crippen LogP contribution in [0.15, 0.2) is 12.4 Å². The Morgan fingerprint density at radius 3 is 2.23 bits per heavy atom. The first kappa shape index (κ1) is 19.5. The second kappa shape index (κ2) is 7.80. The van der Waals surface area contributed by atoms with Gasteiger partial charge in [0.05, 0.1) is 17.8 Å². The third-order valence-corrected chi connectivity index (χ3v) is 5.80. The fourth-order valence-electron chi connectivity index (χ4n) is 3.48. The maximum Gasteiger partial charge on any atom is 0.498 e. The minimum absolute atomic E-state index is 0.155. The summed E-state index contributed by atoms with van der Waals surface area (Å²) in [4.78, 5) is 8.94. The zero-order valence-electron chi connectivity index (χ0n) is 16.3. The topological polar surface area (TPSA) is 88.5 Å². The van der Waals surface area contributed by atoms with E-state index in [1.807, 2.05) is 27.7 Å². The number of nitrogens with one attached hydrogen (secondary N) is 2. The summed E-state index contributed by atoms with van der Waals surface area (Å²) < 4.78 is 12.1. The fraction of sp³-hybridized carbons (Fsp3) is 0.778. The van der Waals surface area contributed by atoms with Crippen molar-refractivity contribution in [2.45, 2.75) is 76.7 Å². The molecule has 2 aliphatic rings. The Hall–Kier alpha value is -1.22. The molecular weight excluding hydrogens is 331 g/mol. The summed E-state index contributed by atoms with van der Waals surface area (Å²) in [5.74, 6) is 0.618. The molecule has 0 unspecified atom stereocenters. The average Bonchev–Trinajstić information content (AvgIpc) is 2.82. The number of aromatic nitrogens is 2. The van der Waals surface area contributed by atoms with Crippen LogP contribution in [0.2, 0.25) is 0 Å². The summed E-state index contributed by atoms with van der Waals surface area (Å²) in [5, 5.41) is 15.9. The lowest BCUT2D eigenvalue weighted by atomic mass is 9.81. The van der Waals surface area contributed by atoms with Crippen LogP contribution in [0.25, 0.3) is 0 Å².